The summed E-state index contributed by atoms with van der Waals surface area (Å²) in [6.45, 7) is 7.18. The standard InChI is InChI=1S/C9H22N2.C6H10O4/c1-8(9(2,3)11)6-4-5-7-10;7-5(8)3-1-2-4-6(9)10/h8H,4-7,10-11H2,1-3H3;1-4H2,(H,7,8)(H,9,10). The van der Waals surface area contributed by atoms with E-state index in [0.717, 1.165) is 13.0 Å². The van der Waals surface area contributed by atoms with Gasteiger partial charge in [-0.15, -0.1) is 0 Å². The topological polar surface area (TPSA) is 127 Å². The maximum absolute atomic E-state index is 9.90. The van der Waals surface area contributed by atoms with Crippen LogP contribution in [0.4, 0.5) is 0 Å². The smallest absolute Gasteiger partial charge is 0.303 e. The van der Waals surface area contributed by atoms with Gasteiger partial charge in [0.1, 0.15) is 0 Å². The van der Waals surface area contributed by atoms with E-state index in [4.69, 9.17) is 21.7 Å². The average Bonchev–Trinajstić information content (AvgIpc) is 2.34. The fraction of sp³-hybridized carbons (Fsp3) is 0.867. The molecule has 0 saturated heterocycles. The molecule has 0 saturated carbocycles. The van der Waals surface area contributed by atoms with Crippen LogP contribution in [-0.4, -0.2) is 34.2 Å². The van der Waals surface area contributed by atoms with E-state index >= 15 is 0 Å². The van der Waals surface area contributed by atoms with Crippen molar-refractivity contribution < 1.29 is 19.8 Å². The Morgan fingerprint density at radius 3 is 1.71 bits per heavy atom. The third kappa shape index (κ3) is 18.9. The molecule has 1 atom stereocenters. The van der Waals surface area contributed by atoms with E-state index < -0.39 is 11.9 Å². The molecule has 1 unspecified atom stereocenters. The molecule has 6 heteroatoms. The lowest BCUT2D eigenvalue weighted by molar-refractivity contribution is -0.139. The third-order valence-corrected chi connectivity index (χ3v) is 3.39. The van der Waals surface area contributed by atoms with E-state index in [9.17, 15) is 9.59 Å². The Labute approximate surface area is 127 Å². The largest absolute Gasteiger partial charge is 0.481 e. The normalized spacial score (nSPS) is 12.2. The molecule has 0 aromatic rings. The first kappa shape index (κ1) is 22.1. The van der Waals surface area contributed by atoms with Crippen LogP contribution in [0, 0.1) is 5.92 Å². The maximum Gasteiger partial charge on any atom is 0.303 e. The Bertz CT molecular complexity index is 272. The van der Waals surface area contributed by atoms with Gasteiger partial charge in [-0.2, -0.15) is 0 Å². The molecule has 0 bridgehead atoms. The lowest BCUT2D eigenvalue weighted by Crippen LogP contribution is -2.39. The first-order chi connectivity index (χ1) is 9.61. The summed E-state index contributed by atoms with van der Waals surface area (Å²) in [5, 5.41) is 16.3. The van der Waals surface area contributed by atoms with Crippen molar-refractivity contribution in [1.82, 2.24) is 0 Å². The molecule has 0 aromatic carbocycles. The van der Waals surface area contributed by atoms with E-state index in [1.807, 2.05) is 0 Å². The van der Waals surface area contributed by atoms with Crippen molar-refractivity contribution in [1.29, 1.82) is 0 Å². The Morgan fingerprint density at radius 2 is 1.43 bits per heavy atom. The lowest BCUT2D eigenvalue weighted by Gasteiger charge is -2.27. The quantitative estimate of drug-likeness (QED) is 0.458. The molecule has 6 nitrogen and oxygen atoms in total. The number of aliphatic carboxylic acids is 2. The molecule has 0 aliphatic carbocycles. The predicted molar refractivity (Wildman–Crippen MR) is 84.1 cm³/mol. The summed E-state index contributed by atoms with van der Waals surface area (Å²) in [5.41, 5.74) is 11.3. The van der Waals surface area contributed by atoms with E-state index in [0.29, 0.717) is 18.8 Å². The van der Waals surface area contributed by atoms with Crippen molar-refractivity contribution in [2.24, 2.45) is 17.4 Å². The van der Waals surface area contributed by atoms with Gasteiger partial charge in [0, 0.05) is 18.4 Å². The van der Waals surface area contributed by atoms with Gasteiger partial charge in [0.05, 0.1) is 0 Å². The molecule has 0 aliphatic heterocycles. The van der Waals surface area contributed by atoms with Crippen molar-refractivity contribution in [3.05, 3.63) is 0 Å². The second-order valence-electron chi connectivity index (χ2n) is 6.00. The van der Waals surface area contributed by atoms with Crippen LogP contribution in [0.25, 0.3) is 0 Å². The Kier molecular flexibility index (Phi) is 13.3. The second kappa shape index (κ2) is 12.6. The average molecular weight is 304 g/mol. The molecule has 0 fully saturated rings. The van der Waals surface area contributed by atoms with Crippen LogP contribution in [0.3, 0.4) is 0 Å². The van der Waals surface area contributed by atoms with Crippen molar-refractivity contribution in [2.75, 3.05) is 6.54 Å². The summed E-state index contributed by atoms with van der Waals surface area (Å²) in [5.74, 6) is -1.15. The highest BCUT2D eigenvalue weighted by molar-refractivity contribution is 5.67. The van der Waals surface area contributed by atoms with Gasteiger partial charge in [-0.25, -0.2) is 0 Å². The number of carboxylic acid groups (broad SMARTS) is 2. The first-order valence-electron chi connectivity index (χ1n) is 7.53. The van der Waals surface area contributed by atoms with Crippen LogP contribution in [0.2, 0.25) is 0 Å². The molecule has 0 amide bonds. The van der Waals surface area contributed by atoms with Crippen molar-refractivity contribution in [3.63, 3.8) is 0 Å². The lowest BCUT2D eigenvalue weighted by atomic mass is 9.86. The maximum atomic E-state index is 9.90. The number of hydrogen-bond acceptors (Lipinski definition) is 4. The molecule has 0 radical (unpaired) electrons. The highest BCUT2D eigenvalue weighted by atomic mass is 16.4. The summed E-state index contributed by atoms with van der Waals surface area (Å²) in [6, 6.07) is 0. The summed E-state index contributed by atoms with van der Waals surface area (Å²) >= 11 is 0. The second-order valence-corrected chi connectivity index (χ2v) is 6.00. The van der Waals surface area contributed by atoms with Gasteiger partial charge in [-0.05, 0) is 52.0 Å². The van der Waals surface area contributed by atoms with E-state index in [-0.39, 0.29) is 18.4 Å². The Balaban J connectivity index is 0. The highest BCUT2D eigenvalue weighted by Gasteiger charge is 2.19. The van der Waals surface area contributed by atoms with Crippen LogP contribution < -0.4 is 11.5 Å². The number of nitrogens with two attached hydrogens (primary N) is 2. The van der Waals surface area contributed by atoms with Gasteiger partial charge in [-0.3, -0.25) is 9.59 Å². The monoisotopic (exact) mass is 304 g/mol. The number of unbranched alkanes of at least 4 members (excludes halogenated alkanes) is 2. The summed E-state index contributed by atoms with van der Waals surface area (Å²) in [6.07, 6.45) is 4.54. The Morgan fingerprint density at radius 1 is 1.00 bits per heavy atom. The fourth-order valence-corrected chi connectivity index (χ4v) is 1.52. The van der Waals surface area contributed by atoms with E-state index in [1.165, 1.54) is 12.8 Å². The first-order valence-corrected chi connectivity index (χ1v) is 7.53. The summed E-state index contributed by atoms with van der Waals surface area (Å²) in [7, 11) is 0. The number of carboxylic acids is 2. The molecule has 0 heterocycles. The predicted octanol–water partition coefficient (Wildman–Crippen LogP) is 2.20. The molecule has 0 spiro atoms. The van der Waals surface area contributed by atoms with Gasteiger partial charge >= 0.3 is 11.9 Å². The van der Waals surface area contributed by atoms with Crippen molar-refractivity contribution in [2.45, 2.75) is 71.3 Å². The molecule has 0 aromatic heterocycles. The molecule has 126 valence electrons. The SMILES string of the molecule is CC(CCCCN)C(C)(C)N.O=C(O)CCCCC(=O)O. The minimum atomic E-state index is -0.870. The molecule has 0 rings (SSSR count). The van der Waals surface area contributed by atoms with Gasteiger partial charge < -0.3 is 21.7 Å². The Hall–Kier alpha value is -1.14. The number of rotatable bonds is 10. The minimum absolute atomic E-state index is 0.0331. The zero-order chi connectivity index (χ0) is 16.9. The summed E-state index contributed by atoms with van der Waals surface area (Å²) in [4.78, 5) is 19.8. The van der Waals surface area contributed by atoms with Gasteiger partial charge in [-0.1, -0.05) is 13.3 Å². The third-order valence-electron chi connectivity index (χ3n) is 3.39. The van der Waals surface area contributed by atoms with Crippen LogP contribution >= 0.6 is 0 Å². The van der Waals surface area contributed by atoms with Crippen LogP contribution in [-0.2, 0) is 9.59 Å². The molecular weight excluding hydrogens is 272 g/mol. The van der Waals surface area contributed by atoms with Gasteiger partial charge in [0.25, 0.3) is 0 Å². The molecular formula is C15H32N2O4. The zero-order valence-electron chi connectivity index (χ0n) is 13.6. The summed E-state index contributed by atoms with van der Waals surface area (Å²) < 4.78 is 0. The van der Waals surface area contributed by atoms with Crippen LogP contribution in [0.15, 0.2) is 0 Å². The molecule has 21 heavy (non-hydrogen) atoms. The van der Waals surface area contributed by atoms with Crippen LogP contribution in [0.1, 0.15) is 65.7 Å². The zero-order valence-corrected chi connectivity index (χ0v) is 13.6. The minimum Gasteiger partial charge on any atom is -0.481 e. The molecule has 0 aliphatic rings. The number of carbonyl (C=O) groups is 2. The van der Waals surface area contributed by atoms with Gasteiger partial charge in [0.15, 0.2) is 0 Å². The van der Waals surface area contributed by atoms with Crippen molar-refractivity contribution in [3.8, 4) is 0 Å². The highest BCUT2D eigenvalue weighted by Crippen LogP contribution is 2.18. The van der Waals surface area contributed by atoms with Gasteiger partial charge in [0.2, 0.25) is 0 Å². The number of hydrogen-bond donors (Lipinski definition) is 4. The van der Waals surface area contributed by atoms with E-state index in [1.54, 1.807) is 0 Å². The van der Waals surface area contributed by atoms with E-state index in [2.05, 4.69) is 20.8 Å². The fourth-order valence-electron chi connectivity index (χ4n) is 1.52. The molecule has 6 N–H and O–H groups in total. The van der Waals surface area contributed by atoms with Crippen LogP contribution in [0.5, 0.6) is 0 Å². The van der Waals surface area contributed by atoms with Crippen molar-refractivity contribution >= 4 is 11.9 Å².